The first-order valence-electron chi connectivity index (χ1n) is 8.51. The summed E-state index contributed by atoms with van der Waals surface area (Å²) in [5, 5.41) is 2.69. The van der Waals surface area contributed by atoms with Crippen molar-refractivity contribution in [2.45, 2.75) is 6.54 Å². The Kier molecular flexibility index (Phi) is 4.72. The fourth-order valence-electron chi connectivity index (χ4n) is 2.77. The lowest BCUT2D eigenvalue weighted by Crippen LogP contribution is -2.22. The number of nitrogens with zero attached hydrogens (tertiary/aromatic N) is 2. The third-order valence-corrected chi connectivity index (χ3v) is 4.21. The van der Waals surface area contributed by atoms with Crippen LogP contribution >= 0.6 is 0 Å². The van der Waals surface area contributed by atoms with Crippen LogP contribution in [0.25, 0.3) is 17.0 Å². The van der Waals surface area contributed by atoms with Crippen LogP contribution in [0.4, 0.5) is 8.78 Å². The molecule has 0 bridgehead atoms. The summed E-state index contributed by atoms with van der Waals surface area (Å²) in [7, 11) is 0. The van der Waals surface area contributed by atoms with E-state index >= 15 is 0 Å². The third-order valence-electron chi connectivity index (χ3n) is 4.21. The second kappa shape index (κ2) is 7.48. The van der Waals surface area contributed by atoms with Crippen LogP contribution in [-0.4, -0.2) is 15.5 Å². The Morgan fingerprint density at radius 1 is 1.07 bits per heavy atom. The number of benzene rings is 2. The number of imidazole rings is 1. The van der Waals surface area contributed by atoms with Crippen LogP contribution in [0.2, 0.25) is 0 Å². The van der Waals surface area contributed by atoms with E-state index in [0.29, 0.717) is 22.6 Å². The van der Waals surface area contributed by atoms with E-state index in [9.17, 15) is 13.6 Å². The average Bonchev–Trinajstić information content (AvgIpc) is 3.39. The zero-order valence-corrected chi connectivity index (χ0v) is 14.6. The summed E-state index contributed by atoms with van der Waals surface area (Å²) in [4.78, 5) is 16.2. The van der Waals surface area contributed by atoms with Gasteiger partial charge in [0, 0.05) is 24.5 Å². The van der Waals surface area contributed by atoms with Crippen molar-refractivity contribution in [3.63, 3.8) is 0 Å². The molecule has 0 fully saturated rings. The number of furan rings is 1. The number of halogens is 2. The maximum absolute atomic E-state index is 14.3. The highest BCUT2D eigenvalue weighted by Gasteiger charge is 2.13. The molecule has 2 aromatic heterocycles. The van der Waals surface area contributed by atoms with Gasteiger partial charge in [-0.25, -0.2) is 13.8 Å². The van der Waals surface area contributed by atoms with E-state index in [4.69, 9.17) is 4.42 Å². The van der Waals surface area contributed by atoms with Gasteiger partial charge in [-0.05, 0) is 54.1 Å². The lowest BCUT2D eigenvalue weighted by molar-refractivity contribution is 0.0924. The first-order valence-corrected chi connectivity index (χ1v) is 8.51. The number of nitrogens with one attached hydrogen (secondary N) is 1. The van der Waals surface area contributed by atoms with Gasteiger partial charge in [0.25, 0.3) is 5.91 Å². The quantitative estimate of drug-likeness (QED) is 0.561. The van der Waals surface area contributed by atoms with Crippen molar-refractivity contribution < 1.29 is 18.0 Å². The Bertz CT molecular complexity index is 1100. The molecule has 0 aliphatic carbocycles. The molecule has 1 amide bonds. The zero-order chi connectivity index (χ0) is 19.5. The number of carbonyl (C=O) groups excluding carboxylic acids is 1. The molecule has 0 atom stereocenters. The molecule has 0 aliphatic heterocycles. The van der Waals surface area contributed by atoms with Crippen molar-refractivity contribution in [1.29, 1.82) is 0 Å². The minimum Gasteiger partial charge on any atom is -0.451 e. The second-order valence-electron chi connectivity index (χ2n) is 6.11. The lowest BCUT2D eigenvalue weighted by Gasteiger charge is -2.07. The summed E-state index contributed by atoms with van der Waals surface area (Å²) >= 11 is 0. The van der Waals surface area contributed by atoms with Crippen LogP contribution in [0.15, 0.2) is 77.7 Å². The molecule has 0 saturated carbocycles. The van der Waals surface area contributed by atoms with Crippen LogP contribution in [0, 0.1) is 11.6 Å². The minimum absolute atomic E-state index is 0.120. The van der Waals surface area contributed by atoms with Crippen molar-refractivity contribution in [3.05, 3.63) is 96.3 Å². The van der Waals surface area contributed by atoms with Crippen LogP contribution in [0.5, 0.6) is 0 Å². The van der Waals surface area contributed by atoms with Crippen molar-refractivity contribution in [2.75, 3.05) is 0 Å². The number of amides is 1. The molecular weight excluding hydrogens is 364 g/mol. The Labute approximate surface area is 159 Å². The van der Waals surface area contributed by atoms with Gasteiger partial charge in [-0.3, -0.25) is 4.79 Å². The topological polar surface area (TPSA) is 60.1 Å². The van der Waals surface area contributed by atoms with Crippen molar-refractivity contribution in [2.24, 2.45) is 0 Å². The smallest absolute Gasteiger partial charge is 0.287 e. The van der Waals surface area contributed by atoms with Crippen LogP contribution < -0.4 is 5.32 Å². The SMILES string of the molecule is O=C(NCc1ccc(-n2ccnc2)c(F)c1)c1ccc(-c2ccc(F)cc2)o1. The molecule has 4 rings (SSSR count). The zero-order valence-electron chi connectivity index (χ0n) is 14.6. The molecule has 0 unspecified atom stereocenters. The Morgan fingerprint density at radius 2 is 1.89 bits per heavy atom. The van der Waals surface area contributed by atoms with Gasteiger partial charge in [0.15, 0.2) is 5.76 Å². The highest BCUT2D eigenvalue weighted by molar-refractivity contribution is 5.92. The minimum atomic E-state index is -0.424. The fourth-order valence-corrected chi connectivity index (χ4v) is 2.77. The summed E-state index contributed by atoms with van der Waals surface area (Å²) in [5.41, 5.74) is 1.65. The van der Waals surface area contributed by atoms with E-state index in [2.05, 4.69) is 10.3 Å². The Morgan fingerprint density at radius 3 is 2.61 bits per heavy atom. The highest BCUT2D eigenvalue weighted by Crippen LogP contribution is 2.22. The number of hydrogen-bond acceptors (Lipinski definition) is 3. The average molecular weight is 379 g/mol. The van der Waals surface area contributed by atoms with E-state index in [1.54, 1.807) is 47.3 Å². The van der Waals surface area contributed by atoms with E-state index in [0.717, 1.165) is 0 Å². The number of hydrogen-bond donors (Lipinski definition) is 1. The summed E-state index contributed by atoms with van der Waals surface area (Å²) < 4.78 is 34.4. The summed E-state index contributed by atoms with van der Waals surface area (Å²) in [6.45, 7) is 0.145. The lowest BCUT2D eigenvalue weighted by atomic mass is 10.2. The first-order chi connectivity index (χ1) is 13.6. The van der Waals surface area contributed by atoms with E-state index in [-0.39, 0.29) is 18.1 Å². The van der Waals surface area contributed by atoms with Crippen LogP contribution in [0.3, 0.4) is 0 Å². The predicted molar refractivity (Wildman–Crippen MR) is 98.8 cm³/mol. The molecule has 1 N–H and O–H groups in total. The normalized spacial score (nSPS) is 10.8. The van der Waals surface area contributed by atoms with Gasteiger partial charge >= 0.3 is 0 Å². The van der Waals surface area contributed by atoms with Gasteiger partial charge in [-0.2, -0.15) is 0 Å². The maximum Gasteiger partial charge on any atom is 0.287 e. The number of rotatable bonds is 5. The number of aromatic nitrogens is 2. The van der Waals surface area contributed by atoms with Crippen molar-refractivity contribution in [3.8, 4) is 17.0 Å². The van der Waals surface area contributed by atoms with Gasteiger partial charge < -0.3 is 14.3 Å². The van der Waals surface area contributed by atoms with Crippen molar-refractivity contribution >= 4 is 5.91 Å². The molecule has 140 valence electrons. The molecular formula is C21H15F2N3O2. The van der Waals surface area contributed by atoms with Gasteiger partial charge in [0.2, 0.25) is 0 Å². The van der Waals surface area contributed by atoms with Gasteiger partial charge in [0.05, 0.1) is 12.0 Å². The van der Waals surface area contributed by atoms with E-state index < -0.39 is 11.7 Å². The summed E-state index contributed by atoms with van der Waals surface area (Å²) in [6.07, 6.45) is 4.72. The molecule has 0 radical (unpaired) electrons. The predicted octanol–water partition coefficient (Wildman–Crippen LogP) is 4.34. The highest BCUT2D eigenvalue weighted by atomic mass is 19.1. The Balaban J connectivity index is 1.42. The van der Waals surface area contributed by atoms with Crippen LogP contribution in [0.1, 0.15) is 16.1 Å². The first kappa shape index (κ1) is 17.7. The monoisotopic (exact) mass is 379 g/mol. The molecule has 2 aromatic carbocycles. The van der Waals surface area contributed by atoms with E-state index in [1.807, 2.05) is 0 Å². The second-order valence-corrected chi connectivity index (χ2v) is 6.11. The standard InChI is InChI=1S/C21H15F2N3O2/c22-16-4-2-15(3-5-16)19-7-8-20(28-19)21(27)25-12-14-1-6-18(17(23)11-14)26-10-9-24-13-26/h1-11,13H,12H2,(H,25,27). The molecule has 2 heterocycles. The van der Waals surface area contributed by atoms with E-state index in [1.165, 1.54) is 30.6 Å². The summed E-state index contributed by atoms with van der Waals surface area (Å²) in [6, 6.07) is 13.7. The molecule has 7 heteroatoms. The molecule has 4 aromatic rings. The molecule has 0 aliphatic rings. The van der Waals surface area contributed by atoms with Gasteiger partial charge in [-0.15, -0.1) is 0 Å². The molecule has 0 saturated heterocycles. The number of carbonyl (C=O) groups is 1. The third kappa shape index (κ3) is 3.68. The Hall–Kier alpha value is -3.74. The summed E-state index contributed by atoms with van der Waals surface area (Å²) in [5.74, 6) is -0.607. The van der Waals surface area contributed by atoms with Gasteiger partial charge in [0.1, 0.15) is 17.4 Å². The van der Waals surface area contributed by atoms with Crippen molar-refractivity contribution in [1.82, 2.24) is 14.9 Å². The molecule has 0 spiro atoms. The fraction of sp³-hybridized carbons (Fsp3) is 0.0476. The molecule has 5 nitrogen and oxygen atoms in total. The largest absolute Gasteiger partial charge is 0.451 e. The van der Waals surface area contributed by atoms with Gasteiger partial charge in [-0.1, -0.05) is 6.07 Å². The maximum atomic E-state index is 14.3. The van der Waals surface area contributed by atoms with Crippen LogP contribution in [-0.2, 0) is 6.54 Å². The molecule has 28 heavy (non-hydrogen) atoms.